The molecule has 2 aromatic heterocycles. The fraction of sp³-hybridized carbons (Fsp3) is 0.111. The van der Waals surface area contributed by atoms with Crippen LogP contribution in [0.3, 0.4) is 0 Å². The summed E-state index contributed by atoms with van der Waals surface area (Å²) in [6, 6.07) is 14.0. The highest BCUT2D eigenvalue weighted by Gasteiger charge is 2.22. The molecule has 1 aromatic carbocycles. The molecule has 0 bridgehead atoms. The third-order valence-electron chi connectivity index (χ3n) is 3.55. The highest BCUT2D eigenvalue weighted by atomic mass is 16.6. The van der Waals surface area contributed by atoms with Gasteiger partial charge in [0.2, 0.25) is 11.9 Å². The number of nitro groups is 1. The molecule has 0 saturated heterocycles. The van der Waals surface area contributed by atoms with Crippen LogP contribution in [0.2, 0.25) is 0 Å². The van der Waals surface area contributed by atoms with E-state index in [0.29, 0.717) is 11.3 Å². The first-order valence-electron chi connectivity index (χ1n) is 8.13. The first-order valence-corrected chi connectivity index (χ1v) is 8.13. The Labute approximate surface area is 159 Å². The summed E-state index contributed by atoms with van der Waals surface area (Å²) in [5.74, 6) is -0.147. The molecule has 0 N–H and O–H groups in total. The number of methoxy groups -OCH3 is 1. The van der Waals surface area contributed by atoms with Gasteiger partial charge in [-0.05, 0) is 18.2 Å². The molecule has 2 heterocycles. The van der Waals surface area contributed by atoms with Crippen LogP contribution < -0.4 is 4.74 Å². The van der Waals surface area contributed by atoms with Crippen LogP contribution in [0.1, 0.15) is 11.7 Å². The molecule has 3 aromatic rings. The predicted octanol–water partition coefficient (Wildman–Crippen LogP) is 4.96. The number of azo groups is 2. The summed E-state index contributed by atoms with van der Waals surface area (Å²) in [6.07, 6.45) is 3.69. The first-order chi connectivity index (χ1) is 13.7. The van der Waals surface area contributed by atoms with E-state index in [2.05, 4.69) is 30.4 Å². The summed E-state index contributed by atoms with van der Waals surface area (Å²) in [5, 5.41) is 27.7. The van der Waals surface area contributed by atoms with Crippen LogP contribution in [0.15, 0.2) is 87.6 Å². The minimum atomic E-state index is -0.846. The fourth-order valence-corrected chi connectivity index (χ4v) is 2.25. The molecule has 0 aliphatic heterocycles. The van der Waals surface area contributed by atoms with Crippen molar-refractivity contribution in [1.82, 2.24) is 9.97 Å². The van der Waals surface area contributed by atoms with E-state index in [1.165, 1.54) is 19.4 Å². The van der Waals surface area contributed by atoms with Gasteiger partial charge in [-0.1, -0.05) is 24.3 Å². The average Bonchev–Trinajstić information content (AvgIpc) is 2.74. The zero-order valence-electron chi connectivity index (χ0n) is 14.8. The molecule has 0 spiro atoms. The maximum Gasteiger partial charge on any atom is 0.356 e. The Kier molecular flexibility index (Phi) is 6.03. The Bertz CT molecular complexity index is 995. The molecule has 1 unspecified atom stereocenters. The number of pyridine rings is 2. The maximum atomic E-state index is 11.4. The molecule has 0 aliphatic rings. The lowest BCUT2D eigenvalue weighted by Gasteiger charge is -2.05. The molecule has 28 heavy (non-hydrogen) atoms. The number of ether oxygens (including phenoxy) is 1. The van der Waals surface area contributed by atoms with Crippen molar-refractivity contribution in [3.8, 4) is 5.75 Å². The summed E-state index contributed by atoms with van der Waals surface area (Å²) in [4.78, 5) is 18.7. The maximum absolute atomic E-state index is 11.4. The summed E-state index contributed by atoms with van der Waals surface area (Å²) in [6.45, 7) is 0. The van der Waals surface area contributed by atoms with Gasteiger partial charge in [0.15, 0.2) is 0 Å². The van der Waals surface area contributed by atoms with Gasteiger partial charge >= 0.3 is 5.69 Å². The van der Waals surface area contributed by atoms with Crippen LogP contribution in [-0.2, 0) is 0 Å². The van der Waals surface area contributed by atoms with Crippen LogP contribution in [-0.4, -0.2) is 22.0 Å². The molecule has 1 atom stereocenters. The second-order valence-corrected chi connectivity index (χ2v) is 5.37. The van der Waals surface area contributed by atoms with Gasteiger partial charge < -0.3 is 4.74 Å². The SMILES string of the molecule is COc1ccnc(N=NC(N=Nc2ccccc2)c2cccnc2)c1[N+](=O)[O-]. The molecule has 3 rings (SSSR count). The lowest BCUT2D eigenvalue weighted by molar-refractivity contribution is -0.385. The second-order valence-electron chi connectivity index (χ2n) is 5.37. The summed E-state index contributed by atoms with van der Waals surface area (Å²) < 4.78 is 5.01. The highest BCUT2D eigenvalue weighted by Crippen LogP contribution is 2.35. The third-order valence-corrected chi connectivity index (χ3v) is 3.55. The van der Waals surface area contributed by atoms with Gasteiger partial charge in [0.1, 0.15) is 0 Å². The summed E-state index contributed by atoms with van der Waals surface area (Å²) in [5.41, 5.74) is 0.882. The van der Waals surface area contributed by atoms with Crippen LogP contribution in [0.25, 0.3) is 0 Å². The van der Waals surface area contributed by atoms with Crippen molar-refractivity contribution in [2.24, 2.45) is 20.5 Å². The molecule has 140 valence electrons. The van der Waals surface area contributed by atoms with Crippen molar-refractivity contribution < 1.29 is 9.66 Å². The van der Waals surface area contributed by atoms with Gasteiger partial charge in [0.25, 0.3) is 5.82 Å². The van der Waals surface area contributed by atoms with Crippen molar-refractivity contribution in [3.05, 3.63) is 82.8 Å². The number of benzene rings is 1. The third kappa shape index (κ3) is 4.55. The van der Waals surface area contributed by atoms with Crippen LogP contribution >= 0.6 is 0 Å². The molecular formula is C18H15N7O3. The topological polar surface area (TPSA) is 128 Å². The van der Waals surface area contributed by atoms with E-state index in [9.17, 15) is 10.1 Å². The van der Waals surface area contributed by atoms with E-state index in [-0.39, 0.29) is 17.3 Å². The Hall–Kier alpha value is -4.08. The van der Waals surface area contributed by atoms with Gasteiger partial charge in [-0.2, -0.15) is 15.3 Å². The number of hydrogen-bond donors (Lipinski definition) is 0. The Balaban J connectivity index is 1.96. The normalized spacial score (nSPS) is 12.3. The number of rotatable bonds is 7. The quantitative estimate of drug-likeness (QED) is 0.326. The van der Waals surface area contributed by atoms with E-state index < -0.39 is 11.1 Å². The lowest BCUT2D eigenvalue weighted by atomic mass is 10.2. The molecule has 10 nitrogen and oxygen atoms in total. The smallest absolute Gasteiger partial charge is 0.356 e. The Morgan fingerprint density at radius 2 is 1.82 bits per heavy atom. The minimum absolute atomic E-state index is 0.0396. The molecule has 0 saturated carbocycles. The molecule has 0 aliphatic carbocycles. The standard InChI is InChI=1S/C18H15N7O3/c1-28-15-9-11-20-18(16(15)25(26)27)24-23-17(13-6-5-10-19-12-13)22-21-14-7-3-2-4-8-14/h2-12,17H,1H3. The van der Waals surface area contributed by atoms with Crippen molar-refractivity contribution in [2.75, 3.05) is 7.11 Å². The van der Waals surface area contributed by atoms with E-state index in [4.69, 9.17) is 4.74 Å². The zero-order valence-corrected chi connectivity index (χ0v) is 14.8. The second kappa shape index (κ2) is 9.03. The van der Waals surface area contributed by atoms with E-state index in [1.54, 1.807) is 36.7 Å². The van der Waals surface area contributed by atoms with E-state index in [0.717, 1.165) is 0 Å². The van der Waals surface area contributed by atoms with E-state index in [1.807, 2.05) is 18.2 Å². The zero-order chi connectivity index (χ0) is 19.8. The molecule has 0 fully saturated rings. The van der Waals surface area contributed by atoms with Gasteiger partial charge in [-0.25, -0.2) is 4.98 Å². The summed E-state index contributed by atoms with van der Waals surface area (Å²) in [7, 11) is 1.33. The average molecular weight is 377 g/mol. The van der Waals surface area contributed by atoms with E-state index >= 15 is 0 Å². The first kappa shape index (κ1) is 18.7. The van der Waals surface area contributed by atoms with Gasteiger partial charge in [0.05, 0.1) is 17.7 Å². The Morgan fingerprint density at radius 1 is 1.04 bits per heavy atom. The van der Waals surface area contributed by atoms with Crippen LogP contribution in [0, 0.1) is 10.1 Å². The predicted molar refractivity (Wildman–Crippen MR) is 99.9 cm³/mol. The van der Waals surface area contributed by atoms with Gasteiger partial charge in [0, 0.05) is 30.2 Å². The highest BCUT2D eigenvalue weighted by molar-refractivity contribution is 5.60. The molecule has 0 amide bonds. The minimum Gasteiger partial charge on any atom is -0.490 e. The van der Waals surface area contributed by atoms with Crippen molar-refractivity contribution in [1.29, 1.82) is 0 Å². The van der Waals surface area contributed by atoms with Crippen LogP contribution in [0.4, 0.5) is 17.2 Å². The van der Waals surface area contributed by atoms with Crippen LogP contribution in [0.5, 0.6) is 5.75 Å². The lowest BCUT2D eigenvalue weighted by Crippen LogP contribution is -1.96. The molecular weight excluding hydrogens is 362 g/mol. The number of aromatic nitrogens is 2. The number of nitrogens with zero attached hydrogens (tertiary/aromatic N) is 7. The molecule has 10 heteroatoms. The van der Waals surface area contributed by atoms with Crippen molar-refractivity contribution in [2.45, 2.75) is 6.17 Å². The number of hydrogen-bond acceptors (Lipinski definition) is 9. The summed E-state index contributed by atoms with van der Waals surface area (Å²) >= 11 is 0. The van der Waals surface area contributed by atoms with Crippen molar-refractivity contribution >= 4 is 17.2 Å². The van der Waals surface area contributed by atoms with Gasteiger partial charge in [-0.15, -0.1) is 5.11 Å². The fourth-order valence-electron chi connectivity index (χ4n) is 2.25. The monoisotopic (exact) mass is 377 g/mol. The Morgan fingerprint density at radius 3 is 2.50 bits per heavy atom. The van der Waals surface area contributed by atoms with Crippen molar-refractivity contribution in [3.63, 3.8) is 0 Å². The van der Waals surface area contributed by atoms with Gasteiger partial charge in [-0.3, -0.25) is 15.1 Å². The molecule has 0 radical (unpaired) electrons. The largest absolute Gasteiger partial charge is 0.490 e.